The maximum atomic E-state index is 2.89. The van der Waals surface area contributed by atoms with E-state index < -0.39 is 0 Å². The molecule has 0 heterocycles. The zero-order valence-corrected chi connectivity index (χ0v) is 24.5. The molecule has 0 bridgehead atoms. The monoisotopic (exact) mass is 475 g/mol. The topological polar surface area (TPSA) is 0 Å². The van der Waals surface area contributed by atoms with Gasteiger partial charge in [-0.25, -0.2) is 0 Å². The molecule has 2 aromatic carbocycles. The molecule has 0 aliphatic rings. The van der Waals surface area contributed by atoms with Gasteiger partial charge in [-0.05, 0) is 23.7 Å². The second-order valence-electron chi connectivity index (χ2n) is 9.08. The number of hydrogen-bond donors (Lipinski definition) is 0. The summed E-state index contributed by atoms with van der Waals surface area (Å²) in [5.41, 5.74) is 0. The largest absolute Gasteiger partial charge is 0.184 e. The molecule has 0 saturated carbocycles. The van der Waals surface area contributed by atoms with E-state index >= 15 is 0 Å². The van der Waals surface area contributed by atoms with Crippen LogP contribution in [0.5, 0.6) is 0 Å². The summed E-state index contributed by atoms with van der Waals surface area (Å²) in [4.78, 5) is 0. The molecule has 0 amide bonds. The van der Waals surface area contributed by atoms with Crippen molar-refractivity contribution in [2.24, 2.45) is 23.7 Å². The quantitative estimate of drug-likeness (QED) is 0.333. The zero-order chi connectivity index (χ0) is 22.8. The molecule has 1 radical (unpaired) electrons. The molecule has 0 N–H and O–H groups in total. The van der Waals surface area contributed by atoms with Gasteiger partial charge in [-0.2, -0.15) is 72.8 Å². The van der Waals surface area contributed by atoms with Gasteiger partial charge in [0, 0.05) is 32.7 Å². The maximum Gasteiger partial charge on any atom is 0 e. The van der Waals surface area contributed by atoms with Crippen molar-refractivity contribution < 1.29 is 32.7 Å². The van der Waals surface area contributed by atoms with Gasteiger partial charge in [-0.3, -0.25) is 0 Å². The Hall–Kier alpha value is -0.456. The first-order chi connectivity index (χ1) is 12.9. The third-order valence-electron chi connectivity index (χ3n) is 1.21. The predicted octanol–water partition coefficient (Wildman–Crippen LogP) is 9.62. The minimum atomic E-state index is 0. The van der Waals surface area contributed by atoms with Crippen LogP contribution in [0, 0.1) is 35.8 Å². The van der Waals surface area contributed by atoms with Crippen molar-refractivity contribution in [1.82, 2.24) is 0 Å². The van der Waals surface area contributed by atoms with Crippen LogP contribution >= 0.6 is 0 Å². The average molecular weight is 476 g/mol. The van der Waals surface area contributed by atoms with Gasteiger partial charge >= 0.3 is 0 Å². The molecule has 0 aromatic heterocycles. The first-order valence-electron chi connectivity index (χ1n) is 10.7. The SMILES string of the molecule is CC(C)C.CC(C)C.CC(C)C.CC(C)C.[Y].[c-]1ccccc1.[c-]1ccccc1. The Morgan fingerprint density at radius 2 is 0.483 bits per heavy atom. The summed E-state index contributed by atoms with van der Waals surface area (Å²) in [6.45, 7) is 26.0. The molecule has 0 nitrogen and oxygen atoms in total. The molecule has 29 heavy (non-hydrogen) atoms. The van der Waals surface area contributed by atoms with Gasteiger partial charge in [0.1, 0.15) is 0 Å². The van der Waals surface area contributed by atoms with Crippen molar-refractivity contribution in [3.63, 3.8) is 0 Å². The smallest absolute Gasteiger partial charge is 0 e. The van der Waals surface area contributed by atoms with Gasteiger partial charge in [0.25, 0.3) is 0 Å². The van der Waals surface area contributed by atoms with Gasteiger partial charge in [-0.15, -0.1) is 0 Å². The summed E-state index contributed by atoms with van der Waals surface area (Å²) in [5, 5.41) is 0. The van der Waals surface area contributed by atoms with Gasteiger partial charge < -0.3 is 0 Å². The van der Waals surface area contributed by atoms with E-state index in [0.717, 1.165) is 23.7 Å². The van der Waals surface area contributed by atoms with E-state index in [1.54, 1.807) is 0 Å². The molecule has 0 aliphatic heterocycles. The van der Waals surface area contributed by atoms with Crippen LogP contribution in [0.2, 0.25) is 0 Å². The van der Waals surface area contributed by atoms with Crippen LogP contribution in [0.15, 0.2) is 60.7 Å². The molecule has 0 spiro atoms. The molecule has 2 aromatic rings. The van der Waals surface area contributed by atoms with Crippen molar-refractivity contribution in [1.29, 1.82) is 0 Å². The molecule has 0 unspecified atom stereocenters. The molecule has 0 aliphatic carbocycles. The normalized spacial score (nSPS) is 8.28. The summed E-state index contributed by atoms with van der Waals surface area (Å²) in [5.74, 6) is 3.33. The molecule has 167 valence electrons. The van der Waals surface area contributed by atoms with Crippen LogP contribution in [-0.2, 0) is 32.7 Å². The summed E-state index contributed by atoms with van der Waals surface area (Å²) >= 11 is 0. The summed E-state index contributed by atoms with van der Waals surface area (Å²) < 4.78 is 0. The first-order valence-corrected chi connectivity index (χ1v) is 10.7. The van der Waals surface area contributed by atoms with E-state index in [4.69, 9.17) is 0 Å². The van der Waals surface area contributed by atoms with Crippen LogP contribution in [0.4, 0.5) is 0 Å². The minimum Gasteiger partial charge on any atom is -0.184 e. The number of hydrogen-bond acceptors (Lipinski definition) is 0. The fourth-order valence-corrected chi connectivity index (χ4v) is 0.684. The Morgan fingerprint density at radius 3 is 0.517 bits per heavy atom. The van der Waals surface area contributed by atoms with Gasteiger partial charge in [-0.1, -0.05) is 83.1 Å². The van der Waals surface area contributed by atoms with Crippen molar-refractivity contribution in [2.75, 3.05) is 0 Å². The van der Waals surface area contributed by atoms with Crippen LogP contribution in [-0.4, -0.2) is 0 Å². The fraction of sp³-hybridized carbons (Fsp3) is 0.571. The zero-order valence-electron chi connectivity index (χ0n) is 21.7. The van der Waals surface area contributed by atoms with Crippen LogP contribution < -0.4 is 0 Å². The van der Waals surface area contributed by atoms with E-state index in [1.165, 1.54) is 0 Å². The van der Waals surface area contributed by atoms with Crippen molar-refractivity contribution in [3.05, 3.63) is 72.8 Å². The Bertz CT molecular complexity index is 299. The summed E-state index contributed by atoms with van der Waals surface area (Å²) in [7, 11) is 0. The number of rotatable bonds is 0. The summed E-state index contributed by atoms with van der Waals surface area (Å²) in [6.07, 6.45) is 0. The van der Waals surface area contributed by atoms with Gasteiger partial charge in [0.15, 0.2) is 0 Å². The van der Waals surface area contributed by atoms with Crippen LogP contribution in [0.3, 0.4) is 0 Å². The Labute approximate surface area is 211 Å². The van der Waals surface area contributed by atoms with Crippen molar-refractivity contribution >= 4 is 0 Å². The molecular weight excluding hydrogens is 425 g/mol. The molecular formula is C28H50Y-2. The second kappa shape index (κ2) is 35.0. The fourth-order valence-electron chi connectivity index (χ4n) is 0.684. The van der Waals surface area contributed by atoms with Crippen molar-refractivity contribution in [2.45, 2.75) is 83.1 Å². The van der Waals surface area contributed by atoms with Gasteiger partial charge in [0.05, 0.1) is 0 Å². The van der Waals surface area contributed by atoms with E-state index in [-0.39, 0.29) is 32.7 Å². The third-order valence-corrected chi connectivity index (χ3v) is 1.21. The minimum absolute atomic E-state index is 0. The molecule has 0 atom stereocenters. The maximum absolute atomic E-state index is 2.89. The molecule has 2 rings (SSSR count). The Kier molecular flexibility index (Phi) is 47.2. The van der Waals surface area contributed by atoms with E-state index in [2.05, 4.69) is 95.2 Å². The van der Waals surface area contributed by atoms with Crippen LogP contribution in [0.25, 0.3) is 0 Å². The third kappa shape index (κ3) is 135. The average Bonchev–Trinajstić information content (AvgIpc) is 2.56. The van der Waals surface area contributed by atoms with Crippen molar-refractivity contribution in [3.8, 4) is 0 Å². The van der Waals surface area contributed by atoms with E-state index in [9.17, 15) is 0 Å². The van der Waals surface area contributed by atoms with E-state index in [0.29, 0.717) is 0 Å². The standard InChI is InChI=1S/2C6H5.4C4H10.Y/c2*1-2-4-6-5-3-1;4*1-4(2)3;/h2*1-5H;4*4H,1-3H3;/q2*-1;;;;;. The molecule has 0 fully saturated rings. The second-order valence-corrected chi connectivity index (χ2v) is 9.08. The van der Waals surface area contributed by atoms with E-state index in [1.807, 2.05) is 60.7 Å². The first kappa shape index (κ1) is 39.1. The van der Waals surface area contributed by atoms with Gasteiger partial charge in [0.2, 0.25) is 0 Å². The molecule has 0 saturated heterocycles. The summed E-state index contributed by atoms with van der Waals surface area (Å²) in [6, 6.07) is 25.0. The molecule has 1 heteroatoms. The Morgan fingerprint density at radius 1 is 0.345 bits per heavy atom. The van der Waals surface area contributed by atoms with Crippen LogP contribution in [0.1, 0.15) is 83.1 Å². The number of benzene rings is 2. The Balaban J connectivity index is -0.0000000801. The predicted molar refractivity (Wildman–Crippen MR) is 133 cm³/mol.